The number of aryl methyl sites for hydroxylation is 2. The second kappa shape index (κ2) is 3.36. The van der Waals surface area contributed by atoms with Crippen molar-refractivity contribution in [1.29, 1.82) is 0 Å². The van der Waals surface area contributed by atoms with E-state index in [2.05, 4.69) is 24.3 Å². The minimum Gasteiger partial charge on any atom is -0.456 e. The van der Waals surface area contributed by atoms with Crippen LogP contribution < -0.4 is 0 Å². The van der Waals surface area contributed by atoms with Crippen LogP contribution in [-0.4, -0.2) is 0 Å². The molecule has 0 amide bonds. The molecule has 0 saturated heterocycles. The predicted octanol–water partition coefficient (Wildman–Crippen LogP) is 4.46. The molecule has 0 atom stereocenters. The second-order valence-electron chi connectivity index (χ2n) is 4.92. The molecule has 17 heavy (non-hydrogen) atoms. The van der Waals surface area contributed by atoms with Gasteiger partial charge in [-0.2, -0.15) is 0 Å². The number of para-hydroxylation sites is 1. The van der Waals surface area contributed by atoms with Crippen molar-refractivity contribution in [1.82, 2.24) is 0 Å². The maximum atomic E-state index is 5.92. The summed E-state index contributed by atoms with van der Waals surface area (Å²) in [4.78, 5) is 0. The third-order valence-corrected chi connectivity index (χ3v) is 3.84. The molecule has 0 spiro atoms. The van der Waals surface area contributed by atoms with Crippen LogP contribution in [0.4, 0.5) is 0 Å². The first-order valence-corrected chi connectivity index (χ1v) is 6.35. The summed E-state index contributed by atoms with van der Waals surface area (Å²) in [6, 6.07) is 12.9. The lowest BCUT2D eigenvalue weighted by atomic mass is 9.90. The van der Waals surface area contributed by atoms with Crippen LogP contribution in [0, 0.1) is 0 Å². The van der Waals surface area contributed by atoms with Gasteiger partial charge in [0.25, 0.3) is 0 Å². The Morgan fingerprint density at radius 2 is 1.53 bits per heavy atom. The fourth-order valence-corrected chi connectivity index (χ4v) is 2.95. The molecule has 1 heterocycles. The van der Waals surface area contributed by atoms with Gasteiger partial charge in [-0.1, -0.05) is 18.2 Å². The Morgan fingerprint density at radius 3 is 2.41 bits per heavy atom. The molecule has 1 nitrogen and oxygen atoms in total. The summed E-state index contributed by atoms with van der Waals surface area (Å²) in [6.07, 6.45) is 5.08. The van der Waals surface area contributed by atoms with Gasteiger partial charge in [-0.15, -0.1) is 0 Å². The fourth-order valence-electron chi connectivity index (χ4n) is 2.95. The first kappa shape index (κ1) is 9.29. The largest absolute Gasteiger partial charge is 0.456 e. The van der Waals surface area contributed by atoms with Crippen molar-refractivity contribution in [3.63, 3.8) is 0 Å². The van der Waals surface area contributed by atoms with Gasteiger partial charge in [0.2, 0.25) is 0 Å². The molecule has 0 unspecified atom stereocenters. The summed E-state index contributed by atoms with van der Waals surface area (Å²) in [7, 11) is 0. The lowest BCUT2D eigenvalue weighted by molar-refractivity contribution is 0.659. The zero-order chi connectivity index (χ0) is 11.2. The van der Waals surface area contributed by atoms with Gasteiger partial charge in [-0.25, -0.2) is 0 Å². The smallest absolute Gasteiger partial charge is 0.135 e. The van der Waals surface area contributed by atoms with Gasteiger partial charge < -0.3 is 4.42 Å². The van der Waals surface area contributed by atoms with E-state index >= 15 is 0 Å². The van der Waals surface area contributed by atoms with E-state index < -0.39 is 0 Å². The quantitative estimate of drug-likeness (QED) is 0.547. The average Bonchev–Trinajstić information content (AvgIpc) is 2.73. The van der Waals surface area contributed by atoms with E-state index in [9.17, 15) is 0 Å². The number of hydrogen-bond donors (Lipinski definition) is 0. The summed E-state index contributed by atoms with van der Waals surface area (Å²) >= 11 is 0. The third-order valence-electron chi connectivity index (χ3n) is 3.84. The Kier molecular flexibility index (Phi) is 1.84. The highest BCUT2D eigenvalue weighted by atomic mass is 16.3. The topological polar surface area (TPSA) is 13.1 Å². The van der Waals surface area contributed by atoms with Crippen molar-refractivity contribution in [2.45, 2.75) is 25.7 Å². The first-order chi connectivity index (χ1) is 8.42. The Hall–Kier alpha value is -1.76. The standard InChI is InChI=1S/C16H14O/c1-2-6-12-10-16-14(9-11(12)5-1)13-7-3-4-8-15(13)17-16/h3-4,7-10H,1-2,5-6H2. The maximum absolute atomic E-state index is 5.92. The number of benzene rings is 2. The highest BCUT2D eigenvalue weighted by Gasteiger charge is 2.13. The molecule has 3 aromatic rings. The second-order valence-corrected chi connectivity index (χ2v) is 4.92. The molecule has 0 saturated carbocycles. The van der Waals surface area contributed by atoms with E-state index in [0.29, 0.717) is 0 Å². The predicted molar refractivity (Wildman–Crippen MR) is 70.4 cm³/mol. The van der Waals surface area contributed by atoms with Gasteiger partial charge in [0.15, 0.2) is 0 Å². The Balaban J connectivity index is 2.12. The molecule has 0 radical (unpaired) electrons. The van der Waals surface area contributed by atoms with Crippen molar-refractivity contribution in [2.75, 3.05) is 0 Å². The van der Waals surface area contributed by atoms with Gasteiger partial charge in [0.1, 0.15) is 11.2 Å². The molecule has 1 heteroatoms. The molecule has 4 rings (SSSR count). The van der Waals surface area contributed by atoms with Crippen LogP contribution >= 0.6 is 0 Å². The van der Waals surface area contributed by atoms with Crippen LogP contribution in [0.15, 0.2) is 40.8 Å². The first-order valence-electron chi connectivity index (χ1n) is 6.35. The van der Waals surface area contributed by atoms with Crippen LogP contribution in [0.25, 0.3) is 21.9 Å². The molecular weight excluding hydrogens is 208 g/mol. The molecule has 0 N–H and O–H groups in total. The van der Waals surface area contributed by atoms with Crippen molar-refractivity contribution >= 4 is 21.9 Å². The highest BCUT2D eigenvalue weighted by Crippen LogP contribution is 2.33. The van der Waals surface area contributed by atoms with Gasteiger partial charge in [-0.05, 0) is 55.0 Å². The Morgan fingerprint density at radius 1 is 0.765 bits per heavy atom. The number of hydrogen-bond acceptors (Lipinski definition) is 1. The summed E-state index contributed by atoms with van der Waals surface area (Å²) < 4.78 is 5.92. The summed E-state index contributed by atoms with van der Waals surface area (Å²) in [5.41, 5.74) is 5.06. The van der Waals surface area contributed by atoms with E-state index in [4.69, 9.17) is 4.42 Å². The van der Waals surface area contributed by atoms with E-state index in [1.165, 1.54) is 47.6 Å². The maximum Gasteiger partial charge on any atom is 0.135 e. The van der Waals surface area contributed by atoms with Crippen LogP contribution in [0.3, 0.4) is 0 Å². The van der Waals surface area contributed by atoms with Gasteiger partial charge >= 0.3 is 0 Å². The van der Waals surface area contributed by atoms with Crippen LogP contribution in [0.1, 0.15) is 24.0 Å². The zero-order valence-electron chi connectivity index (χ0n) is 9.70. The summed E-state index contributed by atoms with van der Waals surface area (Å²) in [6.45, 7) is 0. The molecule has 0 fully saturated rings. The summed E-state index contributed by atoms with van der Waals surface area (Å²) in [5.74, 6) is 0. The van der Waals surface area contributed by atoms with Crippen molar-refractivity contribution in [3.8, 4) is 0 Å². The van der Waals surface area contributed by atoms with E-state index in [1.54, 1.807) is 0 Å². The zero-order valence-corrected chi connectivity index (χ0v) is 9.70. The molecule has 0 aliphatic heterocycles. The van der Waals surface area contributed by atoms with Crippen molar-refractivity contribution in [2.24, 2.45) is 0 Å². The van der Waals surface area contributed by atoms with E-state index in [-0.39, 0.29) is 0 Å². The molecule has 0 bridgehead atoms. The van der Waals surface area contributed by atoms with E-state index in [0.717, 1.165) is 11.2 Å². The summed E-state index contributed by atoms with van der Waals surface area (Å²) in [5, 5.41) is 2.53. The van der Waals surface area contributed by atoms with Crippen molar-refractivity contribution in [3.05, 3.63) is 47.5 Å². The van der Waals surface area contributed by atoms with Gasteiger partial charge in [0.05, 0.1) is 0 Å². The molecule has 2 aromatic carbocycles. The van der Waals surface area contributed by atoms with Gasteiger partial charge in [-0.3, -0.25) is 0 Å². The SMILES string of the molecule is c1ccc2c(c1)oc1cc3c(cc12)CCCC3. The Bertz CT molecular complexity index is 706. The van der Waals surface area contributed by atoms with E-state index in [1.807, 2.05) is 12.1 Å². The van der Waals surface area contributed by atoms with Crippen molar-refractivity contribution < 1.29 is 4.42 Å². The highest BCUT2D eigenvalue weighted by molar-refractivity contribution is 6.05. The molecule has 1 aliphatic rings. The fraction of sp³-hybridized carbons (Fsp3) is 0.250. The van der Waals surface area contributed by atoms with Gasteiger partial charge in [0, 0.05) is 10.8 Å². The number of rotatable bonds is 0. The normalized spacial score (nSPS) is 15.3. The average molecular weight is 222 g/mol. The monoisotopic (exact) mass is 222 g/mol. The third kappa shape index (κ3) is 1.32. The van der Waals surface area contributed by atoms with Crippen LogP contribution in [-0.2, 0) is 12.8 Å². The minimum atomic E-state index is 1.00. The number of fused-ring (bicyclic) bond motifs is 4. The molecule has 84 valence electrons. The molecule has 1 aliphatic carbocycles. The minimum absolute atomic E-state index is 1.00. The lowest BCUT2D eigenvalue weighted by Crippen LogP contribution is -2.01. The molecule has 1 aromatic heterocycles. The lowest BCUT2D eigenvalue weighted by Gasteiger charge is -2.14. The Labute approximate surface area is 100 Å². The molecular formula is C16H14O. The van der Waals surface area contributed by atoms with Crippen LogP contribution in [0.5, 0.6) is 0 Å². The van der Waals surface area contributed by atoms with Crippen LogP contribution in [0.2, 0.25) is 0 Å². The number of furan rings is 1.